The van der Waals surface area contributed by atoms with Crippen LogP contribution in [0.4, 0.5) is 4.79 Å². The predicted octanol–water partition coefficient (Wildman–Crippen LogP) is 2.63. The summed E-state index contributed by atoms with van der Waals surface area (Å²) in [7, 11) is 0. The highest BCUT2D eigenvalue weighted by molar-refractivity contribution is 5.92. The number of primary amides is 1. The van der Waals surface area contributed by atoms with Crippen molar-refractivity contribution in [3.8, 4) is 0 Å². The molecule has 0 aromatic heterocycles. The van der Waals surface area contributed by atoms with E-state index in [9.17, 15) is 9.59 Å². The Balaban J connectivity index is 2.19. The molecule has 1 aromatic carbocycles. The number of unbranched alkanes of at least 4 members (excludes halogenated alkanes) is 1. The third kappa shape index (κ3) is 7.34. The molecule has 0 aliphatic heterocycles. The van der Waals surface area contributed by atoms with E-state index >= 15 is 0 Å². The first-order chi connectivity index (χ1) is 9.78. The van der Waals surface area contributed by atoms with Gasteiger partial charge in [0.05, 0.1) is 0 Å². The fourth-order valence-electron chi connectivity index (χ4n) is 1.79. The smallest absolute Gasteiger partial charge is 0.407 e. The Kier molecular flexibility index (Phi) is 6.21. The van der Waals surface area contributed by atoms with Crippen LogP contribution in [0.25, 0.3) is 0 Å². The van der Waals surface area contributed by atoms with Crippen molar-refractivity contribution >= 4 is 12.0 Å². The van der Waals surface area contributed by atoms with E-state index in [1.165, 1.54) is 0 Å². The van der Waals surface area contributed by atoms with Gasteiger partial charge < -0.3 is 15.8 Å². The SMILES string of the molecule is CC(C)(C)OC(=O)NCCCCc1ccc(C(N)=O)cc1. The second kappa shape index (κ2) is 7.67. The summed E-state index contributed by atoms with van der Waals surface area (Å²) in [4.78, 5) is 22.4. The predicted molar refractivity (Wildman–Crippen MR) is 82.1 cm³/mol. The van der Waals surface area contributed by atoms with E-state index in [0.29, 0.717) is 12.1 Å². The maximum absolute atomic E-state index is 11.4. The van der Waals surface area contributed by atoms with Crippen molar-refractivity contribution in [2.75, 3.05) is 6.54 Å². The van der Waals surface area contributed by atoms with Crippen molar-refractivity contribution in [1.82, 2.24) is 5.32 Å². The third-order valence-electron chi connectivity index (χ3n) is 2.80. The molecule has 5 heteroatoms. The number of benzene rings is 1. The van der Waals surface area contributed by atoms with Gasteiger partial charge in [-0.25, -0.2) is 4.79 Å². The van der Waals surface area contributed by atoms with E-state index in [-0.39, 0.29) is 6.09 Å². The minimum absolute atomic E-state index is 0.381. The zero-order valence-corrected chi connectivity index (χ0v) is 12.9. The van der Waals surface area contributed by atoms with E-state index in [2.05, 4.69) is 5.32 Å². The topological polar surface area (TPSA) is 81.4 Å². The van der Waals surface area contributed by atoms with Gasteiger partial charge in [0.1, 0.15) is 5.60 Å². The molecule has 2 amide bonds. The molecule has 0 atom stereocenters. The number of hydrogen-bond acceptors (Lipinski definition) is 3. The van der Waals surface area contributed by atoms with Crippen LogP contribution in [0.3, 0.4) is 0 Å². The molecule has 3 N–H and O–H groups in total. The summed E-state index contributed by atoms with van der Waals surface area (Å²) in [6.45, 7) is 6.10. The highest BCUT2D eigenvalue weighted by atomic mass is 16.6. The molecule has 1 aromatic rings. The molecule has 0 bridgehead atoms. The van der Waals surface area contributed by atoms with Gasteiger partial charge in [-0.05, 0) is 57.7 Å². The average Bonchev–Trinajstić information content (AvgIpc) is 2.36. The normalized spacial score (nSPS) is 11.0. The third-order valence-corrected chi connectivity index (χ3v) is 2.80. The van der Waals surface area contributed by atoms with E-state index in [1.807, 2.05) is 32.9 Å². The van der Waals surface area contributed by atoms with Gasteiger partial charge in [-0.2, -0.15) is 0 Å². The Hall–Kier alpha value is -2.04. The summed E-state index contributed by atoms with van der Waals surface area (Å²) in [5, 5.41) is 2.73. The van der Waals surface area contributed by atoms with Crippen LogP contribution in [0.5, 0.6) is 0 Å². The molecule has 0 spiro atoms. The first-order valence-corrected chi connectivity index (χ1v) is 7.13. The van der Waals surface area contributed by atoms with Gasteiger partial charge in [-0.15, -0.1) is 0 Å². The number of hydrogen-bond donors (Lipinski definition) is 2. The summed E-state index contributed by atoms with van der Waals surface area (Å²) < 4.78 is 5.14. The Morgan fingerprint density at radius 1 is 1.14 bits per heavy atom. The number of carbonyl (C=O) groups is 2. The van der Waals surface area contributed by atoms with E-state index in [1.54, 1.807) is 12.1 Å². The molecule has 21 heavy (non-hydrogen) atoms. The molecule has 0 radical (unpaired) electrons. The average molecular weight is 292 g/mol. The molecule has 0 unspecified atom stereocenters. The molecule has 0 aliphatic carbocycles. The van der Waals surface area contributed by atoms with E-state index in [4.69, 9.17) is 10.5 Å². The van der Waals surface area contributed by atoms with Gasteiger partial charge >= 0.3 is 6.09 Å². The summed E-state index contributed by atoms with van der Waals surface area (Å²) in [6.07, 6.45) is 2.34. The minimum Gasteiger partial charge on any atom is -0.444 e. The number of amides is 2. The number of alkyl carbamates (subject to hydrolysis) is 1. The lowest BCUT2D eigenvalue weighted by atomic mass is 10.1. The first kappa shape index (κ1) is 17.0. The van der Waals surface area contributed by atoms with Crippen molar-refractivity contribution < 1.29 is 14.3 Å². The van der Waals surface area contributed by atoms with Gasteiger partial charge in [0.2, 0.25) is 5.91 Å². The Bertz CT molecular complexity index is 475. The lowest BCUT2D eigenvalue weighted by Crippen LogP contribution is -2.33. The van der Waals surface area contributed by atoms with Crippen molar-refractivity contribution in [3.05, 3.63) is 35.4 Å². The molecule has 0 aliphatic rings. The van der Waals surface area contributed by atoms with Gasteiger partial charge in [0, 0.05) is 12.1 Å². The highest BCUT2D eigenvalue weighted by Gasteiger charge is 2.15. The monoisotopic (exact) mass is 292 g/mol. The van der Waals surface area contributed by atoms with E-state index < -0.39 is 11.5 Å². The van der Waals surface area contributed by atoms with Crippen LogP contribution in [0.15, 0.2) is 24.3 Å². The minimum atomic E-state index is -0.466. The number of rotatable bonds is 6. The van der Waals surface area contributed by atoms with Crippen molar-refractivity contribution in [1.29, 1.82) is 0 Å². The van der Waals surface area contributed by atoms with Crippen molar-refractivity contribution in [3.63, 3.8) is 0 Å². The van der Waals surface area contributed by atoms with Gasteiger partial charge in [-0.1, -0.05) is 12.1 Å². The number of carbonyl (C=O) groups excluding carboxylic acids is 2. The number of ether oxygens (including phenoxy) is 1. The molecule has 0 heterocycles. The Morgan fingerprint density at radius 3 is 2.29 bits per heavy atom. The molecule has 0 saturated heterocycles. The Morgan fingerprint density at radius 2 is 1.76 bits per heavy atom. The maximum atomic E-state index is 11.4. The number of nitrogens with two attached hydrogens (primary N) is 1. The molecule has 116 valence electrons. The van der Waals surface area contributed by atoms with Crippen LogP contribution < -0.4 is 11.1 Å². The maximum Gasteiger partial charge on any atom is 0.407 e. The van der Waals surface area contributed by atoms with Crippen LogP contribution in [-0.2, 0) is 11.2 Å². The van der Waals surface area contributed by atoms with Gasteiger partial charge in [-0.3, -0.25) is 4.79 Å². The second-order valence-corrected chi connectivity index (χ2v) is 5.95. The summed E-state index contributed by atoms with van der Waals surface area (Å²) in [5.74, 6) is -0.414. The van der Waals surface area contributed by atoms with Crippen molar-refractivity contribution in [2.24, 2.45) is 5.73 Å². The second-order valence-electron chi connectivity index (χ2n) is 5.95. The quantitative estimate of drug-likeness (QED) is 0.791. The zero-order chi connectivity index (χ0) is 15.9. The van der Waals surface area contributed by atoms with Crippen LogP contribution in [0.1, 0.15) is 49.5 Å². The first-order valence-electron chi connectivity index (χ1n) is 7.13. The number of aryl methyl sites for hydroxylation is 1. The lowest BCUT2D eigenvalue weighted by molar-refractivity contribution is 0.0527. The standard InChI is InChI=1S/C16H24N2O3/c1-16(2,3)21-15(20)18-11-5-4-6-12-7-9-13(10-8-12)14(17)19/h7-10H,4-6,11H2,1-3H3,(H2,17,19)(H,18,20). The molecular formula is C16H24N2O3. The largest absolute Gasteiger partial charge is 0.444 e. The van der Waals surface area contributed by atoms with Gasteiger partial charge in [0.15, 0.2) is 0 Å². The molecular weight excluding hydrogens is 268 g/mol. The molecule has 0 fully saturated rings. The Labute approximate surface area is 125 Å². The molecule has 0 saturated carbocycles. The van der Waals surface area contributed by atoms with Crippen LogP contribution in [0.2, 0.25) is 0 Å². The molecule has 5 nitrogen and oxygen atoms in total. The van der Waals surface area contributed by atoms with Crippen LogP contribution in [0, 0.1) is 0 Å². The van der Waals surface area contributed by atoms with E-state index in [0.717, 1.165) is 24.8 Å². The lowest BCUT2D eigenvalue weighted by Gasteiger charge is -2.19. The fourth-order valence-corrected chi connectivity index (χ4v) is 1.79. The van der Waals surface area contributed by atoms with Crippen molar-refractivity contribution in [2.45, 2.75) is 45.6 Å². The zero-order valence-electron chi connectivity index (χ0n) is 12.9. The molecule has 1 rings (SSSR count). The number of nitrogens with one attached hydrogen (secondary N) is 1. The highest BCUT2D eigenvalue weighted by Crippen LogP contribution is 2.08. The summed E-state index contributed by atoms with van der Waals surface area (Å²) in [5.41, 5.74) is 6.39. The summed E-state index contributed by atoms with van der Waals surface area (Å²) >= 11 is 0. The fraction of sp³-hybridized carbons (Fsp3) is 0.500. The summed E-state index contributed by atoms with van der Waals surface area (Å²) in [6, 6.07) is 7.27. The van der Waals surface area contributed by atoms with Crippen LogP contribution in [-0.4, -0.2) is 24.1 Å². The van der Waals surface area contributed by atoms with Crippen LogP contribution >= 0.6 is 0 Å². The van der Waals surface area contributed by atoms with Gasteiger partial charge in [0.25, 0.3) is 0 Å².